The zero-order valence-electron chi connectivity index (χ0n) is 19.2. The Balaban J connectivity index is 2.08. The van der Waals surface area contributed by atoms with E-state index in [9.17, 15) is 34.8 Å². The van der Waals surface area contributed by atoms with Gasteiger partial charge in [0.05, 0.1) is 17.3 Å². The number of aromatic hydroxyl groups is 1. The SMILES string of the molecule is CNc1cc(N)c(O)c2c1C(C)(C)[C@H]1C[C@H]3[C@H](NC)C(=O)C(C(N)=O)=C(O)[C@@]3(O)C(=O)C1=C2O. The fourth-order valence-corrected chi connectivity index (χ4v) is 5.98. The van der Waals surface area contributed by atoms with Crippen LogP contribution in [0.15, 0.2) is 23.0 Å². The maximum Gasteiger partial charge on any atom is 0.255 e. The number of Topliss-reactive ketones (excluding diaryl/α,β-unsaturated/α-hetero) is 2. The summed E-state index contributed by atoms with van der Waals surface area (Å²) in [6.07, 6.45) is -0.0181. The first-order valence-electron chi connectivity index (χ1n) is 10.8. The summed E-state index contributed by atoms with van der Waals surface area (Å²) in [6.45, 7) is 3.61. The molecule has 3 aliphatic carbocycles. The number of likely N-dealkylation sites (N-methyl/N-ethyl adjacent to an activating group) is 1. The van der Waals surface area contributed by atoms with Crippen LogP contribution in [0.3, 0.4) is 0 Å². The van der Waals surface area contributed by atoms with Crippen LogP contribution >= 0.6 is 0 Å². The van der Waals surface area contributed by atoms with Crippen molar-refractivity contribution in [3.8, 4) is 5.75 Å². The summed E-state index contributed by atoms with van der Waals surface area (Å²) < 4.78 is 0. The largest absolute Gasteiger partial charge is 0.508 e. The van der Waals surface area contributed by atoms with E-state index >= 15 is 0 Å². The van der Waals surface area contributed by atoms with Crippen molar-refractivity contribution in [1.29, 1.82) is 0 Å². The number of anilines is 2. The Morgan fingerprint density at radius 3 is 2.32 bits per heavy atom. The van der Waals surface area contributed by atoms with Gasteiger partial charge in [-0.15, -0.1) is 0 Å². The van der Waals surface area contributed by atoms with Gasteiger partial charge in [0, 0.05) is 30.1 Å². The highest BCUT2D eigenvalue weighted by Crippen LogP contribution is 2.59. The highest BCUT2D eigenvalue weighted by Gasteiger charge is 2.65. The molecule has 182 valence electrons. The molecule has 1 fully saturated rings. The number of phenolic OH excluding ortho intramolecular Hbond substituents is 1. The lowest BCUT2D eigenvalue weighted by atomic mass is 9.52. The molecule has 34 heavy (non-hydrogen) atoms. The van der Waals surface area contributed by atoms with E-state index in [-0.39, 0.29) is 23.2 Å². The molecule has 0 unspecified atom stereocenters. The number of carbonyl (C=O) groups excluding carboxylic acids is 3. The Labute approximate surface area is 195 Å². The Morgan fingerprint density at radius 1 is 1.18 bits per heavy atom. The van der Waals surface area contributed by atoms with Crippen molar-refractivity contribution in [1.82, 2.24) is 5.32 Å². The van der Waals surface area contributed by atoms with Gasteiger partial charge in [-0.2, -0.15) is 0 Å². The monoisotopic (exact) mass is 472 g/mol. The van der Waals surface area contributed by atoms with Crippen LogP contribution in [0.4, 0.5) is 11.4 Å². The summed E-state index contributed by atoms with van der Waals surface area (Å²) in [5.41, 5.74) is 7.44. The predicted molar refractivity (Wildman–Crippen MR) is 123 cm³/mol. The Morgan fingerprint density at radius 2 is 1.79 bits per heavy atom. The molecular weight excluding hydrogens is 444 g/mol. The smallest absolute Gasteiger partial charge is 0.255 e. The summed E-state index contributed by atoms with van der Waals surface area (Å²) in [5, 5.41) is 50.1. The number of aliphatic hydroxyl groups is 3. The van der Waals surface area contributed by atoms with Crippen LogP contribution in [0.2, 0.25) is 0 Å². The maximum absolute atomic E-state index is 13.8. The average Bonchev–Trinajstić information content (AvgIpc) is 2.76. The van der Waals surface area contributed by atoms with E-state index in [2.05, 4.69) is 10.6 Å². The number of phenols is 1. The summed E-state index contributed by atoms with van der Waals surface area (Å²) in [7, 11) is 3.08. The van der Waals surface area contributed by atoms with E-state index in [0.29, 0.717) is 11.3 Å². The fourth-order valence-electron chi connectivity index (χ4n) is 5.98. The van der Waals surface area contributed by atoms with Crippen LogP contribution in [0.25, 0.3) is 5.76 Å². The lowest BCUT2D eigenvalue weighted by Crippen LogP contribution is -2.66. The summed E-state index contributed by atoms with van der Waals surface area (Å²) in [6, 6.07) is 0.320. The molecule has 1 aromatic carbocycles. The van der Waals surface area contributed by atoms with Crippen LogP contribution < -0.4 is 22.1 Å². The van der Waals surface area contributed by atoms with Gasteiger partial charge in [-0.1, -0.05) is 13.8 Å². The molecule has 0 aliphatic heterocycles. The third-order valence-corrected chi connectivity index (χ3v) is 7.66. The van der Waals surface area contributed by atoms with Crippen LogP contribution in [-0.4, -0.2) is 63.6 Å². The Bertz CT molecular complexity index is 1230. The first kappa shape index (κ1) is 23.6. The molecule has 0 heterocycles. The summed E-state index contributed by atoms with van der Waals surface area (Å²) >= 11 is 0. The Kier molecular flexibility index (Phi) is 5.00. The van der Waals surface area contributed by atoms with Gasteiger partial charge in [0.1, 0.15) is 22.8 Å². The van der Waals surface area contributed by atoms with Crippen molar-refractivity contribution in [3.05, 3.63) is 34.1 Å². The number of benzene rings is 1. The standard InChI is InChI=1S/C23H28N4O7/c1-22(2)7-5-8-15(27-4)18(30)13(21(25)33)20(32)23(8,34)19(31)11(7)17(29)12-14(22)10(26-3)6-9(24)16(12)28/h6-8,15,26-29,32,34H,5,24H2,1-4H3,(H2,25,33)/t7-,8-,15-,23-/m0/s1. The van der Waals surface area contributed by atoms with Crippen molar-refractivity contribution in [3.63, 3.8) is 0 Å². The number of rotatable bonds is 3. The second kappa shape index (κ2) is 7.21. The van der Waals surface area contributed by atoms with Crippen LogP contribution in [-0.2, 0) is 19.8 Å². The zero-order chi connectivity index (χ0) is 25.5. The Hall–Kier alpha value is -3.57. The number of ketones is 2. The number of nitrogens with one attached hydrogen (secondary N) is 2. The third-order valence-electron chi connectivity index (χ3n) is 7.66. The topological polar surface area (TPSA) is 208 Å². The minimum absolute atomic E-state index is 0.0181. The van der Waals surface area contributed by atoms with Crippen molar-refractivity contribution in [2.75, 3.05) is 25.1 Å². The minimum Gasteiger partial charge on any atom is -0.508 e. The van der Waals surface area contributed by atoms with Gasteiger partial charge in [-0.25, -0.2) is 0 Å². The molecule has 3 aliphatic rings. The van der Waals surface area contributed by atoms with Gasteiger partial charge < -0.3 is 42.5 Å². The van der Waals surface area contributed by atoms with Gasteiger partial charge in [0.25, 0.3) is 5.91 Å². The second-order valence-corrected chi connectivity index (χ2v) is 9.55. The van der Waals surface area contributed by atoms with Gasteiger partial charge in [0.2, 0.25) is 5.78 Å². The van der Waals surface area contributed by atoms with Crippen LogP contribution in [0, 0.1) is 11.8 Å². The van der Waals surface area contributed by atoms with E-state index in [1.807, 2.05) is 0 Å². The quantitative estimate of drug-likeness (QED) is 0.128. The molecule has 11 nitrogen and oxygen atoms in total. The fraction of sp³-hybridized carbons (Fsp3) is 0.435. The molecular formula is C23H28N4O7. The second-order valence-electron chi connectivity index (χ2n) is 9.55. The van der Waals surface area contributed by atoms with Crippen molar-refractivity contribution >= 4 is 34.6 Å². The van der Waals surface area contributed by atoms with E-state index in [0.717, 1.165) is 0 Å². The number of hydrogen-bond acceptors (Lipinski definition) is 10. The van der Waals surface area contributed by atoms with Crippen LogP contribution in [0.5, 0.6) is 5.75 Å². The number of amides is 1. The third kappa shape index (κ3) is 2.62. The molecule has 0 bridgehead atoms. The highest BCUT2D eigenvalue weighted by atomic mass is 16.3. The molecule has 0 aromatic heterocycles. The molecule has 4 atom stereocenters. The van der Waals surface area contributed by atoms with Gasteiger partial charge >= 0.3 is 0 Å². The lowest BCUT2D eigenvalue weighted by molar-refractivity contribution is -0.151. The first-order valence-corrected chi connectivity index (χ1v) is 10.8. The summed E-state index contributed by atoms with van der Waals surface area (Å²) in [5.74, 6) is -7.25. The number of aliphatic hydroxyl groups excluding tert-OH is 2. The molecule has 10 N–H and O–H groups in total. The van der Waals surface area contributed by atoms with Crippen molar-refractivity contribution in [2.45, 2.75) is 37.3 Å². The van der Waals surface area contributed by atoms with Gasteiger partial charge in [-0.3, -0.25) is 14.4 Å². The molecule has 0 radical (unpaired) electrons. The predicted octanol–water partition coefficient (Wildman–Crippen LogP) is -0.0192. The van der Waals surface area contributed by atoms with E-state index in [1.54, 1.807) is 20.9 Å². The molecule has 1 aromatic rings. The molecule has 1 saturated carbocycles. The van der Waals surface area contributed by atoms with E-state index in [1.165, 1.54) is 13.1 Å². The van der Waals surface area contributed by atoms with Crippen molar-refractivity contribution < 1.29 is 34.8 Å². The van der Waals surface area contributed by atoms with E-state index < -0.39 is 69.2 Å². The maximum atomic E-state index is 13.8. The van der Waals surface area contributed by atoms with Crippen LogP contribution in [0.1, 0.15) is 31.4 Å². The molecule has 0 saturated heterocycles. The molecule has 4 rings (SSSR count). The normalized spacial score (nSPS) is 30.0. The van der Waals surface area contributed by atoms with Crippen molar-refractivity contribution in [2.24, 2.45) is 17.6 Å². The van der Waals surface area contributed by atoms with Gasteiger partial charge in [-0.05, 0) is 30.5 Å². The number of fused-ring (bicyclic) bond motifs is 3. The first-order chi connectivity index (χ1) is 15.8. The lowest BCUT2D eigenvalue weighted by Gasteiger charge is -2.53. The molecule has 11 heteroatoms. The van der Waals surface area contributed by atoms with Gasteiger partial charge in [0.15, 0.2) is 11.4 Å². The molecule has 1 amide bonds. The zero-order valence-corrected chi connectivity index (χ0v) is 19.2. The average molecular weight is 472 g/mol. The number of hydrogen-bond donors (Lipinski definition) is 8. The number of nitrogens with two attached hydrogens (primary N) is 2. The number of primary amides is 1. The number of nitrogen functional groups attached to an aromatic ring is 1. The van der Waals surface area contributed by atoms with E-state index in [4.69, 9.17) is 11.5 Å². The minimum atomic E-state index is -2.69. The highest BCUT2D eigenvalue weighted by molar-refractivity contribution is 6.24. The molecule has 0 spiro atoms. The number of carbonyl (C=O) groups is 3. The summed E-state index contributed by atoms with van der Waals surface area (Å²) in [4.78, 5) is 38.7.